The number of rotatable bonds is 12. The van der Waals surface area contributed by atoms with Crippen molar-refractivity contribution >= 4 is 43.7 Å². The van der Waals surface area contributed by atoms with Crippen LogP contribution in [0.3, 0.4) is 0 Å². The van der Waals surface area contributed by atoms with E-state index in [4.69, 9.17) is 19.6 Å². The van der Waals surface area contributed by atoms with Crippen LogP contribution in [0.2, 0.25) is 0 Å². The molecule has 0 saturated carbocycles. The number of hydrazine groups is 1. The van der Waals surface area contributed by atoms with E-state index in [0.29, 0.717) is 35.5 Å². The van der Waals surface area contributed by atoms with E-state index in [1.807, 2.05) is 48.5 Å². The maximum absolute atomic E-state index is 14.3. The van der Waals surface area contributed by atoms with Crippen molar-refractivity contribution in [1.29, 1.82) is 0 Å². The van der Waals surface area contributed by atoms with E-state index >= 15 is 0 Å². The van der Waals surface area contributed by atoms with Crippen LogP contribution in [-0.2, 0) is 22.5 Å². The lowest BCUT2D eigenvalue weighted by molar-refractivity contribution is -0.130. The molecule has 0 bridgehead atoms. The lowest BCUT2D eigenvalue weighted by Gasteiger charge is -2.31. The molecule has 5 rings (SSSR count). The summed E-state index contributed by atoms with van der Waals surface area (Å²) in [4.78, 5) is 19.3. The number of nitrogens with one attached hydrogen (secondary N) is 2. The van der Waals surface area contributed by atoms with Crippen LogP contribution < -0.4 is 15.6 Å². The summed E-state index contributed by atoms with van der Waals surface area (Å²) in [6, 6.07) is 25.4. The van der Waals surface area contributed by atoms with E-state index < -0.39 is 29.2 Å². The zero-order chi connectivity index (χ0) is 31.1. The highest BCUT2D eigenvalue weighted by atomic mass is 79.9. The molecule has 1 amide bonds. The average Bonchev–Trinajstić information content (AvgIpc) is 3.39. The summed E-state index contributed by atoms with van der Waals surface area (Å²) in [6.45, 7) is 0.386. The highest BCUT2D eigenvalue weighted by Crippen LogP contribution is 2.45. The first kappa shape index (κ1) is 31.8. The summed E-state index contributed by atoms with van der Waals surface area (Å²) in [5.41, 5.74) is 6.54. The number of nitrogens with zero attached hydrogens (tertiary/aromatic N) is 1. The maximum atomic E-state index is 14.3. The molecule has 7 nitrogen and oxygen atoms in total. The van der Waals surface area contributed by atoms with Crippen LogP contribution in [0.15, 0.2) is 105 Å². The molecule has 0 unspecified atom stereocenters. The SMILES string of the molecule is O=C(NNCc1cc(F)cc(F)c1)[C@@]1(Cc2ccccc2Br)N=C(c2ccc(OCCCO)cc2)O[C@H]1c1ccccc1Br. The lowest BCUT2D eigenvalue weighted by atomic mass is 9.82. The largest absolute Gasteiger partial charge is 0.494 e. The fourth-order valence-electron chi connectivity index (χ4n) is 4.93. The fraction of sp³-hybridized carbons (Fsp3) is 0.212. The Labute approximate surface area is 270 Å². The molecule has 1 heterocycles. The lowest BCUT2D eigenvalue weighted by Crippen LogP contribution is -2.53. The number of aliphatic imine (C=N–C) groups is 1. The molecule has 0 aliphatic carbocycles. The van der Waals surface area contributed by atoms with Gasteiger partial charge in [0.15, 0.2) is 11.6 Å². The minimum absolute atomic E-state index is 0.0274. The third-order valence-electron chi connectivity index (χ3n) is 7.05. The van der Waals surface area contributed by atoms with Crippen molar-refractivity contribution in [2.45, 2.75) is 31.0 Å². The minimum atomic E-state index is -1.50. The molecular weight excluding hydrogens is 700 g/mol. The van der Waals surface area contributed by atoms with E-state index in [0.717, 1.165) is 20.6 Å². The molecule has 1 aliphatic heterocycles. The van der Waals surface area contributed by atoms with E-state index in [2.05, 4.69) is 42.7 Å². The predicted octanol–water partition coefficient (Wildman–Crippen LogP) is 6.57. The van der Waals surface area contributed by atoms with Gasteiger partial charge in [0.05, 0.1) is 6.61 Å². The van der Waals surface area contributed by atoms with Gasteiger partial charge in [-0.2, -0.15) is 0 Å². The number of benzene rings is 4. The molecule has 0 fully saturated rings. The Kier molecular flexibility index (Phi) is 10.4. The molecule has 0 spiro atoms. The first-order valence-electron chi connectivity index (χ1n) is 13.9. The molecule has 0 saturated heterocycles. The third-order valence-corrected chi connectivity index (χ3v) is 8.55. The van der Waals surface area contributed by atoms with Gasteiger partial charge in [0.1, 0.15) is 17.4 Å². The highest BCUT2D eigenvalue weighted by molar-refractivity contribution is 9.10. The van der Waals surface area contributed by atoms with Gasteiger partial charge >= 0.3 is 0 Å². The summed E-state index contributed by atoms with van der Waals surface area (Å²) in [6.07, 6.45) is -0.178. The zero-order valence-electron chi connectivity index (χ0n) is 23.4. The number of aliphatic hydroxyl groups excluding tert-OH is 1. The van der Waals surface area contributed by atoms with Crippen LogP contribution in [-0.4, -0.2) is 35.7 Å². The van der Waals surface area contributed by atoms with Gasteiger partial charge in [0.2, 0.25) is 5.90 Å². The van der Waals surface area contributed by atoms with E-state index in [1.165, 1.54) is 12.1 Å². The molecule has 0 aromatic heterocycles. The fourth-order valence-corrected chi connectivity index (χ4v) is 5.84. The molecule has 11 heteroatoms. The normalized spacial score (nSPS) is 17.6. The molecule has 3 N–H and O–H groups in total. The Balaban J connectivity index is 1.53. The Bertz CT molecular complexity index is 1630. The van der Waals surface area contributed by atoms with E-state index in [9.17, 15) is 13.6 Å². The van der Waals surface area contributed by atoms with Crippen LogP contribution in [0.5, 0.6) is 5.75 Å². The topological polar surface area (TPSA) is 92.2 Å². The van der Waals surface area contributed by atoms with E-state index in [-0.39, 0.29) is 25.5 Å². The maximum Gasteiger partial charge on any atom is 0.266 e. The number of amides is 1. The van der Waals surface area contributed by atoms with Crippen LogP contribution in [0.1, 0.15) is 34.8 Å². The standard InChI is InChI=1S/C33H29Br2F2N3O4/c34-28-8-3-1-6-23(28)19-33(32(42)40-38-20-21-16-24(36)18-25(37)17-21)30(27-7-2-4-9-29(27)35)44-31(39-33)22-10-12-26(13-11-22)43-15-5-14-41/h1-4,6-13,16-18,30,38,41H,5,14-15,19-20H2,(H,40,42)/t30-,33-/m0/s1. The second-order valence-electron chi connectivity index (χ2n) is 10.2. The van der Waals surface area contributed by atoms with Crippen molar-refractivity contribution < 1.29 is 28.2 Å². The van der Waals surface area contributed by atoms with Crippen molar-refractivity contribution in [3.8, 4) is 5.75 Å². The van der Waals surface area contributed by atoms with Gasteiger partial charge < -0.3 is 14.6 Å². The van der Waals surface area contributed by atoms with Crippen molar-refractivity contribution in [2.24, 2.45) is 4.99 Å². The van der Waals surface area contributed by atoms with Gasteiger partial charge in [-0.3, -0.25) is 10.2 Å². The van der Waals surface area contributed by atoms with Crippen molar-refractivity contribution in [3.05, 3.63) is 134 Å². The van der Waals surface area contributed by atoms with Crippen LogP contribution in [0, 0.1) is 11.6 Å². The quantitative estimate of drug-likeness (QED) is 0.113. The number of carbonyl (C=O) groups excluding carboxylic acids is 1. The Morgan fingerprint density at radius 2 is 1.64 bits per heavy atom. The summed E-state index contributed by atoms with van der Waals surface area (Å²) in [5.74, 6) is -1.03. The number of halogens is 4. The van der Waals surface area contributed by atoms with Crippen molar-refractivity contribution in [2.75, 3.05) is 13.2 Å². The molecule has 1 aliphatic rings. The molecule has 44 heavy (non-hydrogen) atoms. The number of aliphatic hydroxyl groups is 1. The molecule has 228 valence electrons. The Morgan fingerprint density at radius 1 is 0.955 bits per heavy atom. The molecular formula is C33H29Br2F2N3O4. The smallest absolute Gasteiger partial charge is 0.266 e. The van der Waals surface area contributed by atoms with Gasteiger partial charge in [-0.15, -0.1) is 0 Å². The van der Waals surface area contributed by atoms with Crippen LogP contribution in [0.25, 0.3) is 0 Å². The Hall–Kier alpha value is -3.64. The summed E-state index contributed by atoms with van der Waals surface area (Å²) < 4.78 is 41.3. The molecule has 4 aromatic rings. The minimum Gasteiger partial charge on any atom is -0.494 e. The second kappa shape index (κ2) is 14.4. The number of hydrogen-bond donors (Lipinski definition) is 3. The zero-order valence-corrected chi connectivity index (χ0v) is 26.6. The monoisotopic (exact) mass is 727 g/mol. The van der Waals surface area contributed by atoms with Gasteiger partial charge in [-0.1, -0.05) is 68.3 Å². The second-order valence-corrected chi connectivity index (χ2v) is 11.9. The first-order chi connectivity index (χ1) is 21.3. The summed E-state index contributed by atoms with van der Waals surface area (Å²) in [5, 5.41) is 9.04. The number of hydrogen-bond acceptors (Lipinski definition) is 6. The van der Waals surface area contributed by atoms with E-state index in [1.54, 1.807) is 24.3 Å². The van der Waals surface area contributed by atoms with Crippen molar-refractivity contribution in [3.63, 3.8) is 0 Å². The predicted molar refractivity (Wildman–Crippen MR) is 170 cm³/mol. The molecule has 4 aromatic carbocycles. The number of ether oxygens (including phenoxy) is 2. The Morgan fingerprint density at radius 3 is 2.32 bits per heavy atom. The van der Waals surface area contributed by atoms with Gasteiger partial charge in [-0.05, 0) is 59.7 Å². The van der Waals surface area contributed by atoms with Crippen LogP contribution in [0.4, 0.5) is 8.78 Å². The number of carbonyl (C=O) groups is 1. The van der Waals surface area contributed by atoms with Gasteiger partial charge in [-0.25, -0.2) is 19.2 Å². The summed E-state index contributed by atoms with van der Waals surface area (Å²) in [7, 11) is 0. The molecule has 2 atom stereocenters. The van der Waals surface area contributed by atoms with Crippen molar-refractivity contribution in [1.82, 2.24) is 10.9 Å². The highest BCUT2D eigenvalue weighted by Gasteiger charge is 2.54. The third kappa shape index (κ3) is 7.35. The van der Waals surface area contributed by atoms with Gasteiger partial charge in [0, 0.05) is 52.1 Å². The molecule has 0 radical (unpaired) electrons. The average molecular weight is 729 g/mol. The first-order valence-corrected chi connectivity index (χ1v) is 15.4. The van der Waals surface area contributed by atoms with Crippen LogP contribution >= 0.6 is 31.9 Å². The summed E-state index contributed by atoms with van der Waals surface area (Å²) >= 11 is 7.24. The van der Waals surface area contributed by atoms with Gasteiger partial charge in [0.25, 0.3) is 5.91 Å².